The summed E-state index contributed by atoms with van der Waals surface area (Å²) in [6, 6.07) is 60.7. The first-order valence-corrected chi connectivity index (χ1v) is 19.9. The Kier molecular flexibility index (Phi) is 7.28. The highest BCUT2D eigenvalue weighted by Crippen LogP contribution is 2.51. The molecule has 4 nitrogen and oxygen atoms in total. The van der Waals surface area contributed by atoms with Crippen LogP contribution in [-0.4, -0.2) is 21.6 Å². The molecular weight excluding hydrogens is 666 g/mol. The molecule has 0 aliphatic carbocycles. The van der Waals surface area contributed by atoms with Crippen molar-refractivity contribution in [1.82, 2.24) is 15.0 Å². The molecule has 0 spiro atoms. The maximum Gasteiger partial charge on any atom is 0.164 e. The van der Waals surface area contributed by atoms with E-state index in [0.717, 1.165) is 60.7 Å². The Hall–Kier alpha value is -6.48. The first-order chi connectivity index (χ1) is 26.0. The summed E-state index contributed by atoms with van der Waals surface area (Å²) in [4.78, 5) is 15.2. The van der Waals surface area contributed by atoms with Gasteiger partial charge in [0.1, 0.15) is 7.14 Å². The second kappa shape index (κ2) is 12.3. The van der Waals surface area contributed by atoms with Crippen LogP contribution in [0.25, 0.3) is 89.1 Å². The van der Waals surface area contributed by atoms with E-state index in [-0.39, 0.29) is 0 Å². The normalized spacial score (nSPS) is 14.7. The van der Waals surface area contributed by atoms with Crippen molar-refractivity contribution in [2.45, 2.75) is 0 Å². The molecule has 0 saturated heterocycles. The third-order valence-corrected chi connectivity index (χ3v) is 13.0. The van der Waals surface area contributed by atoms with E-state index >= 15 is 0 Å². The number of hydrogen-bond acceptors (Lipinski definition) is 4. The Bertz CT molecular complexity index is 2880. The van der Waals surface area contributed by atoms with E-state index in [2.05, 4.69) is 97.1 Å². The number of benzene rings is 8. The molecule has 8 aromatic carbocycles. The lowest BCUT2D eigenvalue weighted by Gasteiger charge is -2.16. The van der Waals surface area contributed by atoms with Crippen LogP contribution in [0.1, 0.15) is 0 Å². The van der Waals surface area contributed by atoms with Crippen molar-refractivity contribution in [1.29, 1.82) is 0 Å². The number of aromatic nitrogens is 3. The van der Waals surface area contributed by atoms with Gasteiger partial charge in [0, 0.05) is 27.3 Å². The molecule has 0 radical (unpaired) electrons. The van der Waals surface area contributed by atoms with E-state index in [0.29, 0.717) is 17.5 Å². The fraction of sp³-hybridized carbons (Fsp3) is 0.0208. The van der Waals surface area contributed by atoms with Crippen LogP contribution in [0, 0.1) is 0 Å². The standard InChI is InChI=1S/C48H32N3OP/c1-53(52)44-23-13-12-22-41(44)42-25-24-33(30-45(42)53)35-26-36(43-29-34-18-8-9-19-38(34)39-20-10-11-21-40(39)43)28-37(27-35)48-50-46(31-14-4-2-5-15-31)49-47(51-48)32-16-6-3-7-17-32/h2-30H,1H3. The third kappa shape index (κ3) is 5.30. The Morgan fingerprint density at radius 3 is 1.60 bits per heavy atom. The predicted molar refractivity (Wildman–Crippen MR) is 220 cm³/mol. The van der Waals surface area contributed by atoms with Gasteiger partial charge in [0.25, 0.3) is 0 Å². The van der Waals surface area contributed by atoms with Gasteiger partial charge in [-0.3, -0.25) is 0 Å². The lowest BCUT2D eigenvalue weighted by molar-refractivity contribution is 0.591. The van der Waals surface area contributed by atoms with Gasteiger partial charge >= 0.3 is 0 Å². The average molecular weight is 698 g/mol. The number of rotatable bonds is 5. The molecule has 1 aliphatic heterocycles. The number of hydrogen-bond donors (Lipinski definition) is 0. The zero-order valence-electron chi connectivity index (χ0n) is 28.9. The minimum atomic E-state index is -2.78. The Morgan fingerprint density at radius 1 is 0.358 bits per heavy atom. The molecule has 1 unspecified atom stereocenters. The minimum Gasteiger partial charge on any atom is -0.314 e. The monoisotopic (exact) mass is 697 g/mol. The highest BCUT2D eigenvalue weighted by Gasteiger charge is 2.34. The van der Waals surface area contributed by atoms with E-state index in [9.17, 15) is 4.57 Å². The van der Waals surface area contributed by atoms with E-state index < -0.39 is 7.14 Å². The van der Waals surface area contributed by atoms with Crippen molar-refractivity contribution in [2.24, 2.45) is 0 Å². The number of fused-ring (bicyclic) bond motifs is 6. The maximum absolute atomic E-state index is 14.4. The predicted octanol–water partition coefficient (Wildman–Crippen LogP) is 11.4. The van der Waals surface area contributed by atoms with Gasteiger partial charge in [-0.25, -0.2) is 15.0 Å². The highest BCUT2D eigenvalue weighted by atomic mass is 31.2. The summed E-state index contributed by atoms with van der Waals surface area (Å²) < 4.78 is 14.4. The van der Waals surface area contributed by atoms with Crippen LogP contribution in [0.4, 0.5) is 0 Å². The van der Waals surface area contributed by atoms with Crippen molar-refractivity contribution in [3.63, 3.8) is 0 Å². The van der Waals surface area contributed by atoms with Crippen LogP contribution in [0.15, 0.2) is 176 Å². The van der Waals surface area contributed by atoms with Gasteiger partial charge < -0.3 is 4.57 Å². The highest BCUT2D eigenvalue weighted by molar-refractivity contribution is 7.79. The van der Waals surface area contributed by atoms with Crippen LogP contribution >= 0.6 is 7.14 Å². The molecule has 2 heterocycles. The van der Waals surface area contributed by atoms with E-state index in [1.54, 1.807) is 0 Å². The van der Waals surface area contributed by atoms with E-state index in [4.69, 9.17) is 15.0 Å². The molecule has 0 amide bonds. The van der Waals surface area contributed by atoms with Crippen LogP contribution < -0.4 is 10.6 Å². The van der Waals surface area contributed by atoms with Crippen molar-refractivity contribution < 1.29 is 4.57 Å². The molecule has 1 aromatic heterocycles. The molecular formula is C48H32N3OP. The third-order valence-electron chi connectivity index (χ3n) is 10.4. The van der Waals surface area contributed by atoms with Crippen LogP contribution in [-0.2, 0) is 4.57 Å². The molecule has 5 heteroatoms. The van der Waals surface area contributed by atoms with Crippen molar-refractivity contribution in [3.05, 3.63) is 176 Å². The SMILES string of the molecule is CP1(=O)c2ccccc2-c2ccc(-c3cc(-c4nc(-c5ccccc5)nc(-c5ccccc5)n4)cc(-c4cc5ccccc5c5ccccc45)c3)cc21. The summed E-state index contributed by atoms with van der Waals surface area (Å²) >= 11 is 0. The molecule has 0 fully saturated rings. The molecule has 250 valence electrons. The van der Waals surface area contributed by atoms with Gasteiger partial charge in [-0.2, -0.15) is 0 Å². The molecule has 10 rings (SSSR count). The summed E-state index contributed by atoms with van der Waals surface area (Å²) in [5, 5.41) is 6.59. The van der Waals surface area contributed by atoms with Gasteiger partial charge in [0.2, 0.25) is 0 Å². The second-order valence-electron chi connectivity index (χ2n) is 13.7. The van der Waals surface area contributed by atoms with Crippen molar-refractivity contribution >= 4 is 39.3 Å². The molecule has 0 bridgehead atoms. The zero-order valence-corrected chi connectivity index (χ0v) is 29.8. The van der Waals surface area contributed by atoms with Crippen LogP contribution in [0.2, 0.25) is 0 Å². The van der Waals surface area contributed by atoms with E-state index in [1.165, 1.54) is 21.5 Å². The quantitative estimate of drug-likeness (QED) is 0.133. The largest absolute Gasteiger partial charge is 0.314 e. The van der Waals surface area contributed by atoms with Gasteiger partial charge in [0.05, 0.1) is 0 Å². The Labute approximate surface area is 307 Å². The summed E-state index contributed by atoms with van der Waals surface area (Å²) in [7, 11) is -2.78. The average Bonchev–Trinajstić information content (AvgIpc) is 3.46. The Morgan fingerprint density at radius 2 is 0.887 bits per heavy atom. The van der Waals surface area contributed by atoms with Gasteiger partial charge in [-0.1, -0.05) is 146 Å². The second-order valence-corrected chi connectivity index (χ2v) is 16.5. The molecule has 0 N–H and O–H groups in total. The smallest absolute Gasteiger partial charge is 0.164 e. The minimum absolute atomic E-state index is 0.584. The fourth-order valence-corrected chi connectivity index (χ4v) is 10.1. The maximum atomic E-state index is 14.4. The van der Waals surface area contributed by atoms with Crippen molar-refractivity contribution in [2.75, 3.05) is 6.66 Å². The lowest BCUT2D eigenvalue weighted by atomic mass is 9.90. The molecule has 9 aromatic rings. The molecule has 0 saturated carbocycles. The summed E-state index contributed by atoms with van der Waals surface area (Å²) in [5.41, 5.74) is 8.97. The number of nitrogens with zero attached hydrogens (tertiary/aromatic N) is 3. The lowest BCUT2D eigenvalue weighted by Crippen LogP contribution is -2.08. The summed E-state index contributed by atoms with van der Waals surface area (Å²) in [5.74, 6) is 1.81. The summed E-state index contributed by atoms with van der Waals surface area (Å²) in [6.07, 6.45) is 0. The molecule has 1 atom stereocenters. The summed E-state index contributed by atoms with van der Waals surface area (Å²) in [6.45, 7) is 1.89. The van der Waals surface area contributed by atoms with Crippen molar-refractivity contribution in [3.8, 4) is 67.5 Å². The van der Waals surface area contributed by atoms with E-state index in [1.807, 2.05) is 85.5 Å². The first-order valence-electron chi connectivity index (χ1n) is 17.8. The van der Waals surface area contributed by atoms with Crippen LogP contribution in [0.3, 0.4) is 0 Å². The van der Waals surface area contributed by atoms with Gasteiger partial charge in [-0.15, -0.1) is 0 Å². The van der Waals surface area contributed by atoms with Gasteiger partial charge in [0.15, 0.2) is 17.5 Å². The van der Waals surface area contributed by atoms with Crippen LogP contribution in [0.5, 0.6) is 0 Å². The van der Waals surface area contributed by atoms with Gasteiger partial charge in [-0.05, 0) is 91.9 Å². The molecule has 53 heavy (non-hydrogen) atoms. The Balaban J connectivity index is 1.24. The fourth-order valence-electron chi connectivity index (χ4n) is 7.80. The molecule has 1 aliphatic rings. The first kappa shape index (κ1) is 31.3. The zero-order chi connectivity index (χ0) is 35.5. The topological polar surface area (TPSA) is 55.7 Å².